The molecule has 0 radical (unpaired) electrons. The van der Waals surface area contributed by atoms with Crippen molar-refractivity contribution >= 4 is 5.91 Å². The number of amides is 1. The number of aromatic nitrogens is 1. The van der Waals surface area contributed by atoms with Gasteiger partial charge in [-0.25, -0.2) is 4.39 Å². The van der Waals surface area contributed by atoms with E-state index in [1.165, 1.54) is 12.3 Å². The fourth-order valence-electron chi connectivity index (χ4n) is 2.49. The molecule has 1 aliphatic rings. The Labute approximate surface area is 133 Å². The van der Waals surface area contributed by atoms with Crippen LogP contribution in [0.5, 0.6) is 11.5 Å². The van der Waals surface area contributed by atoms with Gasteiger partial charge in [-0.2, -0.15) is 0 Å². The van der Waals surface area contributed by atoms with Crippen LogP contribution in [0.15, 0.2) is 42.7 Å². The Hall–Kier alpha value is -2.47. The molecule has 0 spiro atoms. The molecule has 1 aliphatic heterocycles. The number of carbonyl (C=O) groups is 1. The van der Waals surface area contributed by atoms with Crippen LogP contribution in [0.4, 0.5) is 4.39 Å². The Bertz CT molecular complexity index is 673. The van der Waals surface area contributed by atoms with E-state index in [0.717, 1.165) is 19.4 Å². The standard InChI is InChI=1S/C17H18FN3O2/c18-14-9-12(10-21-17(22)15-4-2-8-20-15)5-6-16(14)23-13-3-1-7-19-11-13/h1,3,5-7,9,11,15,20H,2,4,8,10H2,(H,21,22). The van der Waals surface area contributed by atoms with Crippen LogP contribution >= 0.6 is 0 Å². The van der Waals surface area contributed by atoms with E-state index in [4.69, 9.17) is 4.74 Å². The topological polar surface area (TPSA) is 63.2 Å². The van der Waals surface area contributed by atoms with Gasteiger partial charge in [0.1, 0.15) is 5.75 Å². The van der Waals surface area contributed by atoms with E-state index in [1.807, 2.05) is 0 Å². The molecule has 1 aromatic carbocycles. The molecule has 0 saturated carbocycles. The highest BCUT2D eigenvalue weighted by molar-refractivity contribution is 5.81. The van der Waals surface area contributed by atoms with Crippen LogP contribution in [0.25, 0.3) is 0 Å². The summed E-state index contributed by atoms with van der Waals surface area (Å²) in [5.74, 6) is 0.0866. The molecular formula is C17H18FN3O2. The number of hydrogen-bond donors (Lipinski definition) is 2. The van der Waals surface area contributed by atoms with Gasteiger partial charge in [-0.05, 0) is 49.2 Å². The maximum absolute atomic E-state index is 14.1. The predicted molar refractivity (Wildman–Crippen MR) is 83.6 cm³/mol. The molecule has 23 heavy (non-hydrogen) atoms. The maximum atomic E-state index is 14.1. The average molecular weight is 315 g/mol. The highest BCUT2D eigenvalue weighted by Gasteiger charge is 2.21. The molecule has 6 heteroatoms. The van der Waals surface area contributed by atoms with Crippen molar-refractivity contribution in [1.29, 1.82) is 0 Å². The van der Waals surface area contributed by atoms with E-state index in [1.54, 1.807) is 30.5 Å². The van der Waals surface area contributed by atoms with Crippen LogP contribution in [0.1, 0.15) is 18.4 Å². The molecule has 2 aromatic rings. The first-order valence-electron chi connectivity index (χ1n) is 7.60. The number of rotatable bonds is 5. The number of nitrogens with zero attached hydrogens (tertiary/aromatic N) is 1. The average Bonchev–Trinajstić information content (AvgIpc) is 3.10. The van der Waals surface area contributed by atoms with E-state index in [-0.39, 0.29) is 17.7 Å². The monoisotopic (exact) mass is 315 g/mol. The lowest BCUT2D eigenvalue weighted by atomic mass is 10.2. The predicted octanol–water partition coefficient (Wildman–Crippen LogP) is 2.38. The van der Waals surface area contributed by atoms with Gasteiger partial charge in [0, 0.05) is 12.7 Å². The van der Waals surface area contributed by atoms with Crippen LogP contribution in [0, 0.1) is 5.82 Å². The van der Waals surface area contributed by atoms with Gasteiger partial charge in [0.25, 0.3) is 0 Å². The number of benzene rings is 1. The van der Waals surface area contributed by atoms with E-state index >= 15 is 0 Å². The van der Waals surface area contributed by atoms with Crippen molar-refractivity contribution in [1.82, 2.24) is 15.6 Å². The van der Waals surface area contributed by atoms with Gasteiger partial charge in [-0.3, -0.25) is 9.78 Å². The minimum atomic E-state index is -0.473. The molecule has 5 nitrogen and oxygen atoms in total. The minimum absolute atomic E-state index is 0.0430. The Morgan fingerprint density at radius 1 is 1.43 bits per heavy atom. The summed E-state index contributed by atoms with van der Waals surface area (Å²) in [5, 5.41) is 5.95. The Morgan fingerprint density at radius 2 is 2.35 bits per heavy atom. The summed E-state index contributed by atoms with van der Waals surface area (Å²) in [6, 6.07) is 7.94. The fraction of sp³-hybridized carbons (Fsp3) is 0.294. The summed E-state index contributed by atoms with van der Waals surface area (Å²) < 4.78 is 19.5. The summed E-state index contributed by atoms with van der Waals surface area (Å²) in [4.78, 5) is 15.8. The second-order valence-corrected chi connectivity index (χ2v) is 5.42. The van der Waals surface area contributed by atoms with Crippen molar-refractivity contribution in [2.45, 2.75) is 25.4 Å². The van der Waals surface area contributed by atoms with Gasteiger partial charge in [-0.1, -0.05) is 6.07 Å². The lowest BCUT2D eigenvalue weighted by Gasteiger charge is -2.12. The second kappa shape index (κ2) is 7.19. The number of halogens is 1. The van der Waals surface area contributed by atoms with Crippen LogP contribution < -0.4 is 15.4 Å². The first-order chi connectivity index (χ1) is 11.2. The van der Waals surface area contributed by atoms with Gasteiger partial charge < -0.3 is 15.4 Å². The Morgan fingerprint density at radius 3 is 3.04 bits per heavy atom. The number of ether oxygens (including phenoxy) is 1. The quantitative estimate of drug-likeness (QED) is 0.889. The normalized spacial score (nSPS) is 17.0. The lowest BCUT2D eigenvalue weighted by Crippen LogP contribution is -2.40. The van der Waals surface area contributed by atoms with Gasteiger partial charge in [0.2, 0.25) is 5.91 Å². The molecule has 1 fully saturated rings. The summed E-state index contributed by atoms with van der Waals surface area (Å²) in [5.41, 5.74) is 0.687. The molecule has 120 valence electrons. The zero-order chi connectivity index (χ0) is 16.1. The molecule has 1 aromatic heterocycles. The van der Waals surface area contributed by atoms with Gasteiger partial charge >= 0.3 is 0 Å². The van der Waals surface area contributed by atoms with Crippen LogP contribution in [-0.2, 0) is 11.3 Å². The molecule has 3 rings (SSSR count). The van der Waals surface area contributed by atoms with Gasteiger partial charge in [-0.15, -0.1) is 0 Å². The maximum Gasteiger partial charge on any atom is 0.237 e. The lowest BCUT2D eigenvalue weighted by molar-refractivity contribution is -0.122. The Kier molecular flexibility index (Phi) is 4.83. The molecule has 0 bridgehead atoms. The Balaban J connectivity index is 1.59. The largest absolute Gasteiger partial charge is 0.453 e. The highest BCUT2D eigenvalue weighted by atomic mass is 19.1. The van der Waals surface area contributed by atoms with Crippen molar-refractivity contribution in [3.63, 3.8) is 0 Å². The number of hydrogen-bond acceptors (Lipinski definition) is 4. The van der Waals surface area contributed by atoms with E-state index in [2.05, 4.69) is 15.6 Å². The third-order valence-electron chi connectivity index (χ3n) is 3.70. The summed E-state index contributed by atoms with van der Waals surface area (Å²) in [6.45, 7) is 1.16. The van der Waals surface area contributed by atoms with Crippen LogP contribution in [0.2, 0.25) is 0 Å². The molecule has 2 heterocycles. The SMILES string of the molecule is O=C(NCc1ccc(Oc2cccnc2)c(F)c1)C1CCCN1. The first kappa shape index (κ1) is 15.4. The molecule has 1 unspecified atom stereocenters. The number of pyridine rings is 1. The zero-order valence-corrected chi connectivity index (χ0v) is 12.6. The second-order valence-electron chi connectivity index (χ2n) is 5.42. The molecule has 0 aliphatic carbocycles. The fourth-order valence-corrected chi connectivity index (χ4v) is 2.49. The minimum Gasteiger partial charge on any atom is -0.453 e. The molecule has 1 saturated heterocycles. The third-order valence-corrected chi connectivity index (χ3v) is 3.70. The van der Waals surface area contributed by atoms with Crippen molar-refractivity contribution in [2.75, 3.05) is 6.54 Å². The molecular weight excluding hydrogens is 297 g/mol. The molecule has 1 atom stereocenters. The summed E-state index contributed by atoms with van der Waals surface area (Å²) in [6.07, 6.45) is 4.99. The van der Waals surface area contributed by atoms with Crippen LogP contribution in [0.3, 0.4) is 0 Å². The number of carbonyl (C=O) groups excluding carboxylic acids is 1. The molecule has 2 N–H and O–H groups in total. The van der Waals surface area contributed by atoms with E-state index in [9.17, 15) is 9.18 Å². The summed E-state index contributed by atoms with van der Waals surface area (Å²) in [7, 11) is 0. The van der Waals surface area contributed by atoms with Crippen molar-refractivity contribution < 1.29 is 13.9 Å². The smallest absolute Gasteiger partial charge is 0.237 e. The zero-order valence-electron chi connectivity index (χ0n) is 12.6. The summed E-state index contributed by atoms with van der Waals surface area (Å²) >= 11 is 0. The molecule has 1 amide bonds. The first-order valence-corrected chi connectivity index (χ1v) is 7.60. The van der Waals surface area contributed by atoms with Crippen molar-refractivity contribution in [3.05, 3.63) is 54.1 Å². The van der Waals surface area contributed by atoms with E-state index < -0.39 is 5.82 Å². The van der Waals surface area contributed by atoms with Gasteiger partial charge in [0.05, 0.1) is 12.2 Å². The highest BCUT2D eigenvalue weighted by Crippen LogP contribution is 2.24. The third kappa shape index (κ3) is 4.04. The van der Waals surface area contributed by atoms with Crippen molar-refractivity contribution in [2.24, 2.45) is 0 Å². The van der Waals surface area contributed by atoms with Gasteiger partial charge in [0.15, 0.2) is 11.6 Å². The van der Waals surface area contributed by atoms with Crippen LogP contribution in [-0.4, -0.2) is 23.5 Å². The van der Waals surface area contributed by atoms with E-state index in [0.29, 0.717) is 17.9 Å². The van der Waals surface area contributed by atoms with Crippen molar-refractivity contribution in [3.8, 4) is 11.5 Å². The number of nitrogens with one attached hydrogen (secondary N) is 2.